The molecule has 0 saturated heterocycles. The van der Waals surface area contributed by atoms with Crippen LogP contribution in [-0.4, -0.2) is 20.0 Å². The number of carbonyl (C=O) groups excluding carboxylic acids is 1. The van der Waals surface area contributed by atoms with Gasteiger partial charge in [-0.2, -0.15) is 0 Å². The molecular weight excluding hydrogens is 264 g/mol. The lowest BCUT2D eigenvalue weighted by molar-refractivity contribution is -0.108. The quantitative estimate of drug-likeness (QED) is 0.713. The Hall–Kier alpha value is -1.22. The van der Waals surface area contributed by atoms with Crippen LogP contribution in [0.4, 0.5) is 0 Å². The molecule has 1 atom stereocenters. The van der Waals surface area contributed by atoms with E-state index in [-0.39, 0.29) is 5.92 Å². The maximum Gasteiger partial charge on any atom is 0.166 e. The van der Waals surface area contributed by atoms with Crippen LogP contribution in [-0.2, 0) is 4.79 Å². The van der Waals surface area contributed by atoms with Crippen LogP contribution in [0.25, 0.3) is 0 Å². The molecule has 19 heavy (non-hydrogen) atoms. The first kappa shape index (κ1) is 14.2. The fourth-order valence-corrected chi connectivity index (χ4v) is 2.41. The molecule has 2 rings (SSSR count). The SMILES string of the molecule is COc1ccc(Cl)c(C(C)CC=O)c1OCC1CC1. The molecule has 1 aromatic rings. The van der Waals surface area contributed by atoms with E-state index in [1.807, 2.05) is 13.0 Å². The van der Waals surface area contributed by atoms with E-state index in [1.165, 1.54) is 12.8 Å². The fraction of sp³-hybridized carbons (Fsp3) is 0.533. The Bertz CT molecular complexity index is 455. The van der Waals surface area contributed by atoms with Crippen molar-refractivity contribution in [3.05, 3.63) is 22.7 Å². The number of benzene rings is 1. The summed E-state index contributed by atoms with van der Waals surface area (Å²) in [5.41, 5.74) is 0.869. The van der Waals surface area contributed by atoms with Gasteiger partial charge in [-0.15, -0.1) is 0 Å². The summed E-state index contributed by atoms with van der Waals surface area (Å²) in [6.07, 6.45) is 3.78. The highest BCUT2D eigenvalue weighted by molar-refractivity contribution is 6.31. The third kappa shape index (κ3) is 3.41. The first-order chi connectivity index (χ1) is 9.17. The van der Waals surface area contributed by atoms with Crippen LogP contribution in [0, 0.1) is 5.92 Å². The lowest BCUT2D eigenvalue weighted by Gasteiger charge is -2.19. The first-order valence-electron chi connectivity index (χ1n) is 6.60. The van der Waals surface area contributed by atoms with E-state index in [1.54, 1.807) is 13.2 Å². The zero-order valence-corrected chi connectivity index (χ0v) is 12.1. The van der Waals surface area contributed by atoms with Crippen molar-refractivity contribution in [2.75, 3.05) is 13.7 Å². The van der Waals surface area contributed by atoms with Gasteiger partial charge in [-0.05, 0) is 36.8 Å². The lowest BCUT2D eigenvalue weighted by Crippen LogP contribution is -2.06. The van der Waals surface area contributed by atoms with Gasteiger partial charge in [0, 0.05) is 17.0 Å². The van der Waals surface area contributed by atoms with Crippen molar-refractivity contribution in [1.29, 1.82) is 0 Å². The predicted octanol–water partition coefficient (Wildman–Crippen LogP) is 3.83. The molecule has 0 bridgehead atoms. The van der Waals surface area contributed by atoms with E-state index in [0.717, 1.165) is 11.8 Å². The fourth-order valence-electron chi connectivity index (χ4n) is 2.07. The van der Waals surface area contributed by atoms with E-state index in [2.05, 4.69) is 0 Å². The Morgan fingerprint density at radius 1 is 1.47 bits per heavy atom. The highest BCUT2D eigenvalue weighted by Crippen LogP contribution is 2.42. The number of halogens is 1. The summed E-state index contributed by atoms with van der Waals surface area (Å²) < 4.78 is 11.3. The molecule has 1 aliphatic carbocycles. The van der Waals surface area contributed by atoms with Crippen LogP contribution in [0.2, 0.25) is 5.02 Å². The van der Waals surface area contributed by atoms with Gasteiger partial charge in [0.1, 0.15) is 6.29 Å². The van der Waals surface area contributed by atoms with E-state index in [4.69, 9.17) is 21.1 Å². The van der Waals surface area contributed by atoms with Crippen LogP contribution in [0.5, 0.6) is 11.5 Å². The highest BCUT2D eigenvalue weighted by Gasteiger charge is 2.25. The van der Waals surface area contributed by atoms with Crippen molar-refractivity contribution < 1.29 is 14.3 Å². The molecule has 104 valence electrons. The third-order valence-corrected chi connectivity index (χ3v) is 3.76. The second kappa shape index (κ2) is 6.29. The van der Waals surface area contributed by atoms with Gasteiger partial charge in [-0.25, -0.2) is 0 Å². The Kier molecular flexibility index (Phi) is 4.70. The number of carbonyl (C=O) groups is 1. The molecule has 4 heteroatoms. The molecule has 1 aliphatic rings. The summed E-state index contributed by atoms with van der Waals surface area (Å²) in [5.74, 6) is 2.04. The van der Waals surface area contributed by atoms with E-state index < -0.39 is 0 Å². The molecule has 1 fully saturated rings. The number of aldehydes is 1. The third-order valence-electron chi connectivity index (χ3n) is 3.43. The predicted molar refractivity (Wildman–Crippen MR) is 75.3 cm³/mol. The molecule has 3 nitrogen and oxygen atoms in total. The number of hydrogen-bond acceptors (Lipinski definition) is 3. The molecule has 1 aromatic carbocycles. The molecule has 1 saturated carbocycles. The van der Waals surface area contributed by atoms with Gasteiger partial charge < -0.3 is 14.3 Å². The van der Waals surface area contributed by atoms with Gasteiger partial charge in [0.15, 0.2) is 11.5 Å². The minimum atomic E-state index is 0.0225. The molecule has 0 aliphatic heterocycles. The van der Waals surface area contributed by atoms with Gasteiger partial charge in [-0.1, -0.05) is 18.5 Å². The Labute approximate surface area is 118 Å². The zero-order chi connectivity index (χ0) is 13.8. The van der Waals surface area contributed by atoms with Crippen molar-refractivity contribution in [2.45, 2.75) is 32.1 Å². The van der Waals surface area contributed by atoms with Gasteiger partial charge >= 0.3 is 0 Å². The maximum absolute atomic E-state index is 10.7. The molecule has 0 aromatic heterocycles. The Balaban J connectivity index is 2.31. The molecule has 0 heterocycles. The largest absolute Gasteiger partial charge is 0.493 e. The standard InChI is InChI=1S/C15H19ClO3/c1-10(7-8-17)14-12(16)5-6-13(18-2)15(14)19-9-11-3-4-11/h5-6,8,10-11H,3-4,7,9H2,1-2H3. The molecule has 0 amide bonds. The van der Waals surface area contributed by atoms with Crippen molar-refractivity contribution in [2.24, 2.45) is 5.92 Å². The number of rotatable bonds is 7. The van der Waals surface area contributed by atoms with E-state index in [0.29, 0.717) is 35.5 Å². The summed E-state index contributed by atoms with van der Waals surface area (Å²) in [5, 5.41) is 0.626. The van der Waals surface area contributed by atoms with Crippen LogP contribution in [0.15, 0.2) is 12.1 Å². The summed E-state index contributed by atoms with van der Waals surface area (Å²) in [7, 11) is 1.61. The number of methoxy groups -OCH3 is 1. The molecule has 0 spiro atoms. The van der Waals surface area contributed by atoms with Crippen molar-refractivity contribution in [3.63, 3.8) is 0 Å². The van der Waals surface area contributed by atoms with Gasteiger partial charge in [-0.3, -0.25) is 0 Å². The Morgan fingerprint density at radius 2 is 2.21 bits per heavy atom. The molecule has 0 N–H and O–H groups in total. The van der Waals surface area contributed by atoms with Crippen LogP contribution < -0.4 is 9.47 Å². The monoisotopic (exact) mass is 282 g/mol. The van der Waals surface area contributed by atoms with Crippen LogP contribution in [0.3, 0.4) is 0 Å². The minimum Gasteiger partial charge on any atom is -0.493 e. The summed E-state index contributed by atoms with van der Waals surface area (Å²) in [4.78, 5) is 10.7. The topological polar surface area (TPSA) is 35.5 Å². The average molecular weight is 283 g/mol. The molecular formula is C15H19ClO3. The van der Waals surface area contributed by atoms with Crippen molar-refractivity contribution in [3.8, 4) is 11.5 Å². The normalized spacial score (nSPS) is 15.9. The zero-order valence-electron chi connectivity index (χ0n) is 11.3. The summed E-state index contributed by atoms with van der Waals surface area (Å²) >= 11 is 6.27. The van der Waals surface area contributed by atoms with Crippen molar-refractivity contribution in [1.82, 2.24) is 0 Å². The van der Waals surface area contributed by atoms with Crippen LogP contribution in [0.1, 0.15) is 37.7 Å². The van der Waals surface area contributed by atoms with Crippen molar-refractivity contribution >= 4 is 17.9 Å². The average Bonchev–Trinajstić information content (AvgIpc) is 3.20. The van der Waals surface area contributed by atoms with Crippen LogP contribution >= 0.6 is 11.6 Å². The summed E-state index contributed by atoms with van der Waals surface area (Å²) in [6.45, 7) is 2.66. The smallest absolute Gasteiger partial charge is 0.166 e. The summed E-state index contributed by atoms with van der Waals surface area (Å²) in [6, 6.07) is 3.60. The second-order valence-electron chi connectivity index (χ2n) is 5.05. The Morgan fingerprint density at radius 3 is 2.79 bits per heavy atom. The maximum atomic E-state index is 10.7. The van der Waals surface area contributed by atoms with E-state index >= 15 is 0 Å². The lowest BCUT2D eigenvalue weighted by atomic mass is 9.97. The number of hydrogen-bond donors (Lipinski definition) is 0. The van der Waals surface area contributed by atoms with Gasteiger partial charge in [0.2, 0.25) is 0 Å². The number of ether oxygens (including phenoxy) is 2. The van der Waals surface area contributed by atoms with Gasteiger partial charge in [0.25, 0.3) is 0 Å². The minimum absolute atomic E-state index is 0.0225. The molecule has 1 unspecified atom stereocenters. The van der Waals surface area contributed by atoms with E-state index in [9.17, 15) is 4.79 Å². The molecule has 0 radical (unpaired) electrons. The first-order valence-corrected chi connectivity index (χ1v) is 6.98. The second-order valence-corrected chi connectivity index (χ2v) is 5.46. The highest BCUT2D eigenvalue weighted by atomic mass is 35.5. The van der Waals surface area contributed by atoms with Gasteiger partial charge in [0.05, 0.1) is 13.7 Å².